The number of carboxylic acid groups (broad SMARTS) is 1. The van der Waals surface area contributed by atoms with Crippen LogP contribution in [0.5, 0.6) is 0 Å². The molecule has 0 spiro atoms. The van der Waals surface area contributed by atoms with Crippen molar-refractivity contribution in [2.24, 2.45) is 0 Å². The molecule has 64 valence electrons. The van der Waals surface area contributed by atoms with Crippen molar-refractivity contribution in [3.63, 3.8) is 0 Å². The van der Waals surface area contributed by atoms with Crippen molar-refractivity contribution in [2.45, 2.75) is 6.42 Å². The second-order valence-electron chi connectivity index (χ2n) is 1.87. The van der Waals surface area contributed by atoms with Crippen LogP contribution in [-0.2, 0) is 9.59 Å². The van der Waals surface area contributed by atoms with Crippen LogP contribution in [0.1, 0.15) is 6.42 Å². The van der Waals surface area contributed by atoms with E-state index in [1.165, 1.54) is 11.8 Å². The van der Waals surface area contributed by atoms with Gasteiger partial charge in [-0.15, -0.1) is 0 Å². The fourth-order valence-electron chi connectivity index (χ4n) is 0.397. The average Bonchev–Trinajstić information content (AvgIpc) is 1.97. The number of thioether (sulfide) groups is 1. The first-order valence-corrected chi connectivity index (χ1v) is 4.32. The Morgan fingerprint density at radius 1 is 1.55 bits per heavy atom. The van der Waals surface area contributed by atoms with E-state index in [0.29, 0.717) is 11.5 Å². The Balaban J connectivity index is 3.14. The third-order valence-electron chi connectivity index (χ3n) is 0.972. The maximum absolute atomic E-state index is 10.6. The van der Waals surface area contributed by atoms with E-state index in [2.05, 4.69) is 5.32 Å². The number of carbonyl (C=O) groups excluding carboxylic acids is 1. The van der Waals surface area contributed by atoms with Gasteiger partial charge in [-0.3, -0.25) is 9.59 Å². The summed E-state index contributed by atoms with van der Waals surface area (Å²) in [6.45, 7) is 0. The summed E-state index contributed by atoms with van der Waals surface area (Å²) in [5, 5.41) is 10.7. The summed E-state index contributed by atoms with van der Waals surface area (Å²) >= 11 is 1.32. The van der Waals surface area contributed by atoms with Gasteiger partial charge in [0, 0.05) is 12.8 Å². The lowest BCUT2D eigenvalue weighted by Crippen LogP contribution is -2.20. The molecular weight excluding hydrogens is 166 g/mol. The molecule has 0 heterocycles. The number of hydrogen-bond acceptors (Lipinski definition) is 3. The molecule has 0 atom stereocenters. The van der Waals surface area contributed by atoms with Crippen molar-refractivity contribution in [1.82, 2.24) is 5.32 Å². The van der Waals surface area contributed by atoms with Gasteiger partial charge in [-0.25, -0.2) is 0 Å². The van der Waals surface area contributed by atoms with Crippen LogP contribution in [0.15, 0.2) is 0 Å². The van der Waals surface area contributed by atoms with E-state index < -0.39 is 5.97 Å². The Kier molecular flexibility index (Phi) is 5.64. The first-order valence-electron chi connectivity index (χ1n) is 3.17. The summed E-state index contributed by atoms with van der Waals surface area (Å²) in [5.41, 5.74) is 0. The largest absolute Gasteiger partial charge is 0.481 e. The van der Waals surface area contributed by atoms with E-state index in [1.807, 2.05) is 0 Å². The number of hydrogen-bond donors (Lipinski definition) is 2. The van der Waals surface area contributed by atoms with Gasteiger partial charge in [0.2, 0.25) is 5.91 Å². The number of carboxylic acids is 1. The van der Waals surface area contributed by atoms with Crippen LogP contribution in [0, 0.1) is 0 Å². The van der Waals surface area contributed by atoms with Crippen molar-refractivity contribution < 1.29 is 14.7 Å². The van der Waals surface area contributed by atoms with Crippen molar-refractivity contribution in [3.8, 4) is 0 Å². The van der Waals surface area contributed by atoms with Gasteiger partial charge in [0.25, 0.3) is 0 Å². The van der Waals surface area contributed by atoms with Gasteiger partial charge in [-0.05, 0) is 0 Å². The highest BCUT2D eigenvalue weighted by Gasteiger charge is 1.99. The number of carbonyl (C=O) groups is 2. The van der Waals surface area contributed by atoms with Crippen LogP contribution in [-0.4, -0.2) is 35.5 Å². The third-order valence-corrected chi connectivity index (χ3v) is 1.93. The predicted octanol–water partition coefficient (Wildman–Crippen LogP) is -0.0597. The topological polar surface area (TPSA) is 66.4 Å². The van der Waals surface area contributed by atoms with E-state index in [0.717, 1.165) is 0 Å². The zero-order valence-corrected chi connectivity index (χ0v) is 7.11. The van der Waals surface area contributed by atoms with Gasteiger partial charge in [-0.2, -0.15) is 11.8 Å². The van der Waals surface area contributed by atoms with Gasteiger partial charge in [-0.1, -0.05) is 0 Å². The Labute approximate surface area is 69.4 Å². The summed E-state index contributed by atoms with van der Waals surface area (Å²) in [7, 11) is 1.56. The quantitative estimate of drug-likeness (QED) is 0.577. The van der Waals surface area contributed by atoms with Crippen molar-refractivity contribution in [3.05, 3.63) is 0 Å². The predicted molar refractivity (Wildman–Crippen MR) is 43.6 cm³/mol. The summed E-state index contributed by atoms with van der Waals surface area (Å²) in [5.74, 6) is -0.0678. The van der Waals surface area contributed by atoms with Crippen molar-refractivity contribution in [2.75, 3.05) is 18.6 Å². The minimum atomic E-state index is -0.825. The molecule has 0 aliphatic heterocycles. The highest BCUT2D eigenvalue weighted by molar-refractivity contribution is 7.99. The highest BCUT2D eigenvalue weighted by atomic mass is 32.2. The van der Waals surface area contributed by atoms with Crippen molar-refractivity contribution in [1.29, 1.82) is 0 Å². The lowest BCUT2D eigenvalue weighted by molar-refractivity contribution is -0.136. The summed E-state index contributed by atoms with van der Waals surface area (Å²) in [6, 6.07) is 0. The smallest absolute Gasteiger partial charge is 0.304 e. The summed E-state index contributed by atoms with van der Waals surface area (Å²) in [6.07, 6.45) is 0.113. The second-order valence-corrected chi connectivity index (χ2v) is 2.97. The van der Waals surface area contributed by atoms with Crippen LogP contribution in [0.4, 0.5) is 0 Å². The van der Waals surface area contributed by atoms with Crippen molar-refractivity contribution >= 4 is 23.6 Å². The molecule has 4 nitrogen and oxygen atoms in total. The van der Waals surface area contributed by atoms with Crippen LogP contribution in [0.25, 0.3) is 0 Å². The Morgan fingerprint density at radius 2 is 2.18 bits per heavy atom. The molecule has 0 radical (unpaired) electrons. The molecule has 0 unspecified atom stereocenters. The van der Waals surface area contributed by atoms with Gasteiger partial charge in [0.1, 0.15) is 0 Å². The molecule has 2 N–H and O–H groups in total. The molecular formula is C6H11NO3S. The number of rotatable bonds is 5. The fraction of sp³-hybridized carbons (Fsp3) is 0.667. The van der Waals surface area contributed by atoms with Crippen LogP contribution >= 0.6 is 11.8 Å². The van der Waals surface area contributed by atoms with E-state index in [9.17, 15) is 9.59 Å². The molecule has 0 aliphatic carbocycles. The molecule has 0 aromatic rings. The summed E-state index contributed by atoms with van der Waals surface area (Å²) < 4.78 is 0. The lowest BCUT2D eigenvalue weighted by atomic mass is 10.5. The minimum Gasteiger partial charge on any atom is -0.481 e. The molecule has 0 aromatic heterocycles. The highest BCUT2D eigenvalue weighted by Crippen LogP contribution is 2.00. The molecule has 0 bridgehead atoms. The van der Waals surface area contributed by atoms with Gasteiger partial charge < -0.3 is 10.4 Å². The second kappa shape index (κ2) is 6.03. The molecule has 0 fully saturated rings. The normalized spacial score (nSPS) is 9.18. The lowest BCUT2D eigenvalue weighted by Gasteiger charge is -1.97. The Bertz CT molecular complexity index is 149. The Hall–Kier alpha value is -0.710. The van der Waals surface area contributed by atoms with Gasteiger partial charge in [0.05, 0.1) is 12.2 Å². The monoisotopic (exact) mass is 177 g/mol. The molecule has 11 heavy (non-hydrogen) atoms. The number of nitrogens with one attached hydrogen (secondary N) is 1. The molecule has 0 aromatic carbocycles. The third kappa shape index (κ3) is 7.18. The molecule has 0 saturated carbocycles. The van der Waals surface area contributed by atoms with Crippen LogP contribution < -0.4 is 5.32 Å². The van der Waals surface area contributed by atoms with E-state index in [-0.39, 0.29) is 12.3 Å². The fourth-order valence-corrected chi connectivity index (χ4v) is 1.19. The first kappa shape index (κ1) is 10.3. The molecule has 0 rings (SSSR count). The minimum absolute atomic E-state index is 0.0691. The average molecular weight is 177 g/mol. The van der Waals surface area contributed by atoms with E-state index >= 15 is 0 Å². The maximum Gasteiger partial charge on any atom is 0.304 e. The Morgan fingerprint density at radius 3 is 2.64 bits per heavy atom. The van der Waals surface area contributed by atoms with Gasteiger partial charge in [0.15, 0.2) is 0 Å². The SMILES string of the molecule is CNC(=O)CSCCC(=O)O. The van der Waals surface area contributed by atoms with E-state index in [1.54, 1.807) is 7.05 Å². The zero-order chi connectivity index (χ0) is 8.69. The van der Waals surface area contributed by atoms with Crippen LogP contribution in [0.3, 0.4) is 0 Å². The molecule has 0 saturated heterocycles. The maximum atomic E-state index is 10.6. The number of aliphatic carboxylic acids is 1. The molecule has 5 heteroatoms. The summed E-state index contributed by atoms with van der Waals surface area (Å²) in [4.78, 5) is 20.6. The van der Waals surface area contributed by atoms with E-state index in [4.69, 9.17) is 5.11 Å². The molecule has 1 amide bonds. The van der Waals surface area contributed by atoms with Crippen LogP contribution in [0.2, 0.25) is 0 Å². The molecule has 0 aliphatic rings. The zero-order valence-electron chi connectivity index (χ0n) is 6.29. The number of amides is 1. The first-order chi connectivity index (χ1) is 5.16. The standard InChI is InChI=1S/C6H11NO3S/c1-7-5(8)4-11-3-2-6(9)10/h2-4H2,1H3,(H,7,8)(H,9,10). The van der Waals surface area contributed by atoms with Gasteiger partial charge >= 0.3 is 5.97 Å².